The molecule has 30 heavy (non-hydrogen) atoms. The Balaban J connectivity index is 1.84. The van der Waals surface area contributed by atoms with Crippen molar-refractivity contribution in [3.63, 3.8) is 0 Å². The summed E-state index contributed by atoms with van der Waals surface area (Å²) >= 11 is 0. The highest BCUT2D eigenvalue weighted by molar-refractivity contribution is 5.93. The van der Waals surface area contributed by atoms with Crippen LogP contribution in [0.1, 0.15) is 11.1 Å². The van der Waals surface area contributed by atoms with Gasteiger partial charge in [0.05, 0.1) is 24.9 Å². The first-order chi connectivity index (χ1) is 14.3. The summed E-state index contributed by atoms with van der Waals surface area (Å²) in [6, 6.07) is 11.0. The zero-order chi connectivity index (χ0) is 21.7. The van der Waals surface area contributed by atoms with Gasteiger partial charge in [-0.15, -0.1) is 0 Å². The monoisotopic (exact) mass is 421 g/mol. The van der Waals surface area contributed by atoms with Gasteiger partial charge in [0.2, 0.25) is 0 Å². The summed E-state index contributed by atoms with van der Waals surface area (Å²) in [6.07, 6.45) is -4.42. The minimum Gasteiger partial charge on any atom is -0.495 e. The number of nitrogens with zero attached hydrogens (tertiary/aromatic N) is 3. The van der Waals surface area contributed by atoms with Crippen molar-refractivity contribution in [2.75, 3.05) is 50.6 Å². The van der Waals surface area contributed by atoms with E-state index in [9.17, 15) is 13.2 Å². The van der Waals surface area contributed by atoms with Crippen molar-refractivity contribution in [2.45, 2.75) is 12.7 Å². The number of hydrogen-bond donors (Lipinski definition) is 2. The fraction of sp³-hybridized carbons (Fsp3) is 0.381. The van der Waals surface area contributed by atoms with Gasteiger partial charge in [-0.2, -0.15) is 13.2 Å². The molecule has 2 aromatic rings. The lowest BCUT2D eigenvalue weighted by Gasteiger charge is -2.35. The first-order valence-corrected chi connectivity index (χ1v) is 9.61. The van der Waals surface area contributed by atoms with Crippen molar-refractivity contribution >= 4 is 17.3 Å². The third kappa shape index (κ3) is 5.35. The quantitative estimate of drug-likeness (QED) is 0.572. The summed E-state index contributed by atoms with van der Waals surface area (Å²) in [6.45, 7) is 3.21. The summed E-state index contributed by atoms with van der Waals surface area (Å²) < 4.78 is 45.0. The van der Waals surface area contributed by atoms with Gasteiger partial charge < -0.3 is 25.6 Å². The molecule has 0 bridgehead atoms. The van der Waals surface area contributed by atoms with Crippen LogP contribution in [0.3, 0.4) is 0 Å². The predicted octanol–water partition coefficient (Wildman–Crippen LogP) is 3.39. The fourth-order valence-electron chi connectivity index (χ4n) is 3.34. The van der Waals surface area contributed by atoms with Gasteiger partial charge in [0.1, 0.15) is 5.75 Å². The molecule has 0 radical (unpaired) electrons. The number of methoxy groups -OCH3 is 1. The Hall–Kier alpha value is -2.94. The van der Waals surface area contributed by atoms with Crippen molar-refractivity contribution in [3.05, 3.63) is 53.6 Å². The molecule has 1 aliphatic heterocycles. The Bertz CT molecular complexity index is 892. The summed E-state index contributed by atoms with van der Waals surface area (Å²) in [7, 11) is 3.57. The SMILES string of the molecule is COc1ccccc1NC(N)=NCc1cc(C(F)(F)F)ccc1N1CCN(C)CC1. The van der Waals surface area contributed by atoms with Crippen molar-refractivity contribution in [1.82, 2.24) is 4.90 Å². The van der Waals surface area contributed by atoms with Crippen LogP contribution in [0.4, 0.5) is 24.5 Å². The average Bonchev–Trinajstić information content (AvgIpc) is 2.72. The molecule has 1 heterocycles. The van der Waals surface area contributed by atoms with Crippen LogP contribution < -0.4 is 20.7 Å². The lowest BCUT2D eigenvalue weighted by atomic mass is 10.1. The van der Waals surface area contributed by atoms with Crippen molar-refractivity contribution < 1.29 is 17.9 Å². The number of nitrogens with one attached hydrogen (secondary N) is 1. The second-order valence-electron chi connectivity index (χ2n) is 7.16. The van der Waals surface area contributed by atoms with Crippen LogP contribution in [-0.4, -0.2) is 51.2 Å². The largest absolute Gasteiger partial charge is 0.495 e. The van der Waals surface area contributed by atoms with Gasteiger partial charge in [-0.05, 0) is 42.9 Å². The Morgan fingerprint density at radius 3 is 2.50 bits per heavy atom. The number of aliphatic imine (C=N–C) groups is 1. The Kier molecular flexibility index (Phi) is 6.71. The van der Waals surface area contributed by atoms with E-state index in [1.54, 1.807) is 19.2 Å². The summed E-state index contributed by atoms with van der Waals surface area (Å²) in [4.78, 5) is 8.56. The smallest absolute Gasteiger partial charge is 0.416 e. The second-order valence-corrected chi connectivity index (χ2v) is 7.16. The van der Waals surface area contributed by atoms with E-state index >= 15 is 0 Å². The first kappa shape index (κ1) is 21.8. The van der Waals surface area contributed by atoms with E-state index in [0.717, 1.165) is 44.0 Å². The Morgan fingerprint density at radius 2 is 1.83 bits per heavy atom. The molecule has 0 atom stereocenters. The molecule has 0 unspecified atom stereocenters. The number of guanidine groups is 1. The topological polar surface area (TPSA) is 66.1 Å². The van der Waals surface area contributed by atoms with E-state index in [1.807, 2.05) is 19.2 Å². The molecule has 0 aromatic heterocycles. The maximum atomic E-state index is 13.3. The van der Waals surface area contributed by atoms with E-state index in [4.69, 9.17) is 10.5 Å². The molecule has 1 fully saturated rings. The number of piperazine rings is 1. The van der Waals surface area contributed by atoms with Gasteiger partial charge in [0.25, 0.3) is 0 Å². The highest BCUT2D eigenvalue weighted by Crippen LogP contribution is 2.33. The zero-order valence-corrected chi connectivity index (χ0v) is 17.0. The van der Waals surface area contributed by atoms with Crippen LogP contribution in [0, 0.1) is 0 Å². The molecule has 162 valence electrons. The molecular weight excluding hydrogens is 395 g/mol. The summed E-state index contributed by atoms with van der Waals surface area (Å²) in [5.74, 6) is 0.689. The molecule has 3 N–H and O–H groups in total. The highest BCUT2D eigenvalue weighted by atomic mass is 19.4. The van der Waals surface area contributed by atoms with Gasteiger partial charge >= 0.3 is 6.18 Å². The molecule has 3 rings (SSSR count). The van der Waals surface area contributed by atoms with E-state index in [0.29, 0.717) is 17.0 Å². The van der Waals surface area contributed by atoms with Crippen molar-refractivity contribution in [2.24, 2.45) is 10.7 Å². The minimum absolute atomic E-state index is 0.0274. The highest BCUT2D eigenvalue weighted by Gasteiger charge is 2.31. The van der Waals surface area contributed by atoms with Gasteiger partial charge in [0, 0.05) is 31.9 Å². The number of benzene rings is 2. The molecule has 2 aromatic carbocycles. The number of anilines is 2. The maximum absolute atomic E-state index is 13.3. The van der Waals surface area contributed by atoms with Crippen LogP contribution in [0.2, 0.25) is 0 Å². The van der Waals surface area contributed by atoms with E-state index in [-0.39, 0.29) is 12.5 Å². The van der Waals surface area contributed by atoms with Crippen LogP contribution in [0.25, 0.3) is 0 Å². The molecule has 1 saturated heterocycles. The molecule has 0 saturated carbocycles. The van der Waals surface area contributed by atoms with Crippen LogP contribution in [0.15, 0.2) is 47.5 Å². The lowest BCUT2D eigenvalue weighted by molar-refractivity contribution is -0.137. The number of likely N-dealkylation sites (N-methyl/N-ethyl adjacent to an activating group) is 1. The fourth-order valence-corrected chi connectivity index (χ4v) is 3.34. The second kappa shape index (κ2) is 9.25. The van der Waals surface area contributed by atoms with Gasteiger partial charge in [-0.3, -0.25) is 0 Å². The third-order valence-corrected chi connectivity index (χ3v) is 5.04. The zero-order valence-electron chi connectivity index (χ0n) is 17.0. The summed E-state index contributed by atoms with van der Waals surface area (Å²) in [5, 5.41) is 2.94. The molecule has 0 spiro atoms. The third-order valence-electron chi connectivity index (χ3n) is 5.04. The molecular formula is C21H26F3N5O. The Morgan fingerprint density at radius 1 is 1.13 bits per heavy atom. The number of alkyl halides is 3. The number of hydrogen-bond acceptors (Lipinski definition) is 4. The number of ether oxygens (including phenoxy) is 1. The maximum Gasteiger partial charge on any atom is 0.416 e. The average molecular weight is 421 g/mol. The van der Waals surface area contributed by atoms with Gasteiger partial charge in [0.15, 0.2) is 5.96 Å². The minimum atomic E-state index is -4.42. The van der Waals surface area contributed by atoms with Crippen LogP contribution in [-0.2, 0) is 12.7 Å². The Labute approximate surface area is 174 Å². The number of para-hydroxylation sites is 2. The van der Waals surface area contributed by atoms with Crippen LogP contribution >= 0.6 is 0 Å². The summed E-state index contributed by atoms with van der Waals surface area (Å²) in [5.41, 5.74) is 7.16. The molecule has 0 aliphatic carbocycles. The normalized spacial score (nSPS) is 15.9. The molecule has 1 aliphatic rings. The van der Waals surface area contributed by atoms with E-state index in [1.165, 1.54) is 6.07 Å². The van der Waals surface area contributed by atoms with E-state index in [2.05, 4.69) is 20.1 Å². The van der Waals surface area contributed by atoms with Gasteiger partial charge in [-0.25, -0.2) is 4.99 Å². The molecule has 0 amide bonds. The number of halogens is 3. The number of rotatable bonds is 5. The molecule has 9 heteroatoms. The first-order valence-electron chi connectivity index (χ1n) is 9.61. The predicted molar refractivity (Wildman–Crippen MR) is 113 cm³/mol. The van der Waals surface area contributed by atoms with Crippen molar-refractivity contribution in [1.29, 1.82) is 0 Å². The van der Waals surface area contributed by atoms with Gasteiger partial charge in [-0.1, -0.05) is 12.1 Å². The number of nitrogens with two attached hydrogens (primary N) is 1. The standard InChI is InChI=1S/C21H26F3N5O/c1-28-9-11-29(12-10-28)18-8-7-16(21(22,23)24)13-15(18)14-26-20(25)27-17-5-3-4-6-19(17)30-2/h3-8,13H,9-12,14H2,1-2H3,(H3,25,26,27). The lowest BCUT2D eigenvalue weighted by Crippen LogP contribution is -2.44. The van der Waals surface area contributed by atoms with Crippen molar-refractivity contribution in [3.8, 4) is 5.75 Å². The van der Waals surface area contributed by atoms with Crippen LogP contribution in [0.5, 0.6) is 5.75 Å². The van der Waals surface area contributed by atoms with E-state index < -0.39 is 11.7 Å². The molecule has 6 nitrogen and oxygen atoms in total.